The molecule has 4 aromatic carbocycles. The number of halogens is 2. The van der Waals surface area contributed by atoms with Gasteiger partial charge in [-0.05, 0) is 46.0 Å². The zero-order valence-electron chi connectivity index (χ0n) is 20.5. The summed E-state index contributed by atoms with van der Waals surface area (Å²) in [7, 11) is 0. The Kier molecular flexibility index (Phi) is 5.28. The molecule has 1 heterocycles. The number of alkyl halides is 2. The van der Waals surface area contributed by atoms with Crippen LogP contribution in [-0.2, 0) is 30.7 Å². The Hall–Kier alpha value is -3.93. The van der Waals surface area contributed by atoms with E-state index >= 15 is 0 Å². The molecule has 1 aliphatic heterocycles. The van der Waals surface area contributed by atoms with Crippen LogP contribution in [0, 0.1) is 11.8 Å². The lowest BCUT2D eigenvalue weighted by Crippen LogP contribution is -2.57. The minimum atomic E-state index is -1.26. The van der Waals surface area contributed by atoms with Gasteiger partial charge in [0.25, 0.3) is 0 Å². The van der Waals surface area contributed by atoms with E-state index in [1.54, 1.807) is 18.2 Å². The summed E-state index contributed by atoms with van der Waals surface area (Å²) in [5.74, 6) is -3.27. The third kappa shape index (κ3) is 3.17. The number of rotatable bonds is 4. The summed E-state index contributed by atoms with van der Waals surface area (Å²) in [5, 5.41) is 0. The van der Waals surface area contributed by atoms with Crippen LogP contribution in [0.4, 0.5) is 5.69 Å². The molecule has 39 heavy (non-hydrogen) atoms. The van der Waals surface area contributed by atoms with Crippen molar-refractivity contribution in [1.29, 1.82) is 0 Å². The van der Waals surface area contributed by atoms with Crippen molar-refractivity contribution in [3.8, 4) is 0 Å². The molecule has 0 saturated carbocycles. The first kappa shape index (κ1) is 24.1. The molecule has 5 nitrogen and oxygen atoms in total. The molecule has 4 aromatic rings. The molecule has 8 rings (SSSR count). The van der Waals surface area contributed by atoms with Crippen LogP contribution < -0.4 is 4.90 Å². The molecule has 1 fully saturated rings. The topological polar surface area (TPSA) is 63.7 Å². The number of benzene rings is 4. The minimum Gasteiger partial charge on any atom is -0.457 e. The van der Waals surface area contributed by atoms with Gasteiger partial charge in [-0.2, -0.15) is 0 Å². The van der Waals surface area contributed by atoms with Gasteiger partial charge in [0.15, 0.2) is 0 Å². The number of carbonyl (C=O) groups is 3. The van der Waals surface area contributed by atoms with Crippen molar-refractivity contribution in [2.45, 2.75) is 16.4 Å². The number of hydrogen-bond donors (Lipinski definition) is 0. The maximum Gasteiger partial charge on any atom is 0.338 e. The first-order valence-electron chi connectivity index (χ1n) is 12.6. The van der Waals surface area contributed by atoms with E-state index in [4.69, 9.17) is 27.9 Å². The number of anilines is 1. The Morgan fingerprint density at radius 1 is 0.692 bits per heavy atom. The molecule has 4 aliphatic rings. The van der Waals surface area contributed by atoms with Gasteiger partial charge in [-0.3, -0.25) is 9.59 Å². The average Bonchev–Trinajstić information content (AvgIpc) is 3.26. The smallest absolute Gasteiger partial charge is 0.338 e. The molecular weight excluding hydrogens is 533 g/mol. The number of esters is 1. The van der Waals surface area contributed by atoms with Crippen molar-refractivity contribution in [2.75, 3.05) is 4.90 Å². The quantitative estimate of drug-likeness (QED) is 0.173. The zero-order valence-corrected chi connectivity index (χ0v) is 22.0. The van der Waals surface area contributed by atoms with Crippen LogP contribution in [0.25, 0.3) is 0 Å². The van der Waals surface area contributed by atoms with Crippen LogP contribution in [0.2, 0.25) is 0 Å². The summed E-state index contributed by atoms with van der Waals surface area (Å²) >= 11 is 15.0. The molecule has 2 amide bonds. The summed E-state index contributed by atoms with van der Waals surface area (Å²) in [6.07, 6.45) is 0. The molecule has 2 bridgehead atoms. The first-order chi connectivity index (χ1) is 18.9. The SMILES string of the molecule is O=C(OCc1ccccc1)c1cccc(N2C(=O)[C@@H]3[C@H](C2=O)C2(Cl)c4ccccc4C3(Cl)c3ccccc32)c1. The molecule has 0 aromatic heterocycles. The van der Waals surface area contributed by atoms with Gasteiger partial charge in [-0.25, -0.2) is 9.69 Å². The average molecular weight is 554 g/mol. The summed E-state index contributed by atoms with van der Waals surface area (Å²) in [6.45, 7) is 0.107. The van der Waals surface area contributed by atoms with Gasteiger partial charge >= 0.3 is 5.97 Å². The van der Waals surface area contributed by atoms with Crippen LogP contribution in [0.3, 0.4) is 0 Å². The second-order valence-corrected chi connectivity index (χ2v) is 11.3. The molecule has 0 spiro atoms. The lowest BCUT2D eigenvalue weighted by atomic mass is 9.54. The van der Waals surface area contributed by atoms with E-state index < -0.39 is 39.4 Å². The van der Waals surface area contributed by atoms with E-state index in [-0.39, 0.29) is 17.9 Å². The lowest BCUT2D eigenvalue weighted by Gasteiger charge is -2.54. The molecule has 3 aliphatic carbocycles. The zero-order chi connectivity index (χ0) is 26.9. The van der Waals surface area contributed by atoms with Crippen LogP contribution in [0.1, 0.15) is 38.2 Å². The standard InChI is InChI=1S/C32H21Cl2NO4/c33-31-22-13-4-5-14-23(22)32(34,25-16-7-6-15-24(25)31)27-26(31)28(36)35(29(27)37)21-12-8-11-20(17-21)30(38)39-18-19-9-2-1-3-10-19/h1-17,26-27H,18H2/t26-,27+,31?,32?. The molecule has 192 valence electrons. The predicted octanol–water partition coefficient (Wildman–Crippen LogP) is 6.14. The fraction of sp³-hybridized carbons (Fsp3) is 0.156. The van der Waals surface area contributed by atoms with Gasteiger partial charge < -0.3 is 4.74 Å². The van der Waals surface area contributed by atoms with Gasteiger partial charge in [-0.15, -0.1) is 23.2 Å². The Morgan fingerprint density at radius 3 is 1.69 bits per heavy atom. The van der Waals surface area contributed by atoms with E-state index in [1.165, 1.54) is 6.07 Å². The summed E-state index contributed by atoms with van der Waals surface area (Å²) < 4.78 is 5.47. The Morgan fingerprint density at radius 2 is 1.18 bits per heavy atom. The normalized spacial score (nSPS) is 26.2. The highest BCUT2D eigenvalue weighted by Gasteiger charge is 2.73. The molecular formula is C32H21Cl2NO4. The highest BCUT2D eigenvalue weighted by atomic mass is 35.5. The van der Waals surface area contributed by atoms with Gasteiger partial charge in [0, 0.05) is 0 Å². The van der Waals surface area contributed by atoms with Crippen LogP contribution in [0.15, 0.2) is 103 Å². The fourth-order valence-electron chi connectivity index (χ4n) is 6.50. The maximum atomic E-state index is 14.1. The third-order valence-corrected chi connectivity index (χ3v) is 9.42. The Bertz CT molecular complexity index is 1560. The summed E-state index contributed by atoms with van der Waals surface area (Å²) in [6, 6.07) is 30.7. The second kappa shape index (κ2) is 8.54. The molecule has 7 heteroatoms. The minimum absolute atomic E-state index is 0.107. The first-order valence-corrected chi connectivity index (χ1v) is 13.4. The van der Waals surface area contributed by atoms with Crippen molar-refractivity contribution in [3.05, 3.63) is 137 Å². The van der Waals surface area contributed by atoms with E-state index in [0.717, 1.165) is 32.7 Å². The van der Waals surface area contributed by atoms with E-state index in [2.05, 4.69) is 0 Å². The molecule has 1 saturated heterocycles. The predicted molar refractivity (Wildman–Crippen MR) is 148 cm³/mol. The largest absolute Gasteiger partial charge is 0.457 e. The Labute approximate surface area is 234 Å². The monoisotopic (exact) mass is 553 g/mol. The Balaban J connectivity index is 1.29. The van der Waals surface area contributed by atoms with Crippen molar-refractivity contribution in [1.82, 2.24) is 0 Å². The van der Waals surface area contributed by atoms with Crippen LogP contribution in [0.5, 0.6) is 0 Å². The van der Waals surface area contributed by atoms with Crippen LogP contribution >= 0.6 is 23.2 Å². The molecule has 2 atom stereocenters. The highest BCUT2D eigenvalue weighted by Crippen LogP contribution is 2.69. The van der Waals surface area contributed by atoms with Crippen molar-refractivity contribution >= 4 is 46.7 Å². The fourth-order valence-corrected chi connectivity index (χ4v) is 7.60. The third-order valence-electron chi connectivity index (χ3n) is 8.14. The van der Waals surface area contributed by atoms with Crippen molar-refractivity contribution < 1.29 is 19.1 Å². The number of hydrogen-bond acceptors (Lipinski definition) is 4. The lowest BCUT2D eigenvalue weighted by molar-refractivity contribution is -0.122. The summed E-state index contributed by atoms with van der Waals surface area (Å²) in [4.78, 5) is 39.8. The molecule has 0 N–H and O–H groups in total. The molecule has 0 unspecified atom stereocenters. The number of carbonyl (C=O) groups excluding carboxylic acids is 3. The van der Waals surface area contributed by atoms with E-state index in [9.17, 15) is 14.4 Å². The van der Waals surface area contributed by atoms with Gasteiger partial charge in [-0.1, -0.05) is 84.9 Å². The summed E-state index contributed by atoms with van der Waals surface area (Å²) in [5.41, 5.74) is 4.32. The number of ether oxygens (including phenoxy) is 1. The molecule has 0 radical (unpaired) electrons. The number of amides is 2. The second-order valence-electron chi connectivity index (χ2n) is 10.1. The maximum absolute atomic E-state index is 14.1. The van der Waals surface area contributed by atoms with Gasteiger partial charge in [0.05, 0.1) is 23.1 Å². The van der Waals surface area contributed by atoms with E-state index in [0.29, 0.717) is 0 Å². The van der Waals surface area contributed by atoms with E-state index in [1.807, 2.05) is 78.9 Å². The highest BCUT2D eigenvalue weighted by molar-refractivity contribution is 6.38. The van der Waals surface area contributed by atoms with Gasteiger partial charge in [0.1, 0.15) is 16.4 Å². The van der Waals surface area contributed by atoms with Crippen LogP contribution in [-0.4, -0.2) is 17.8 Å². The van der Waals surface area contributed by atoms with Gasteiger partial charge in [0.2, 0.25) is 11.8 Å². The number of nitrogens with zero attached hydrogens (tertiary/aromatic N) is 1. The number of imide groups is 1. The van der Waals surface area contributed by atoms with Crippen molar-refractivity contribution in [2.24, 2.45) is 11.8 Å². The van der Waals surface area contributed by atoms with Crippen molar-refractivity contribution in [3.63, 3.8) is 0 Å².